The summed E-state index contributed by atoms with van der Waals surface area (Å²) in [6, 6.07) is 7.81. The second-order valence-corrected chi connectivity index (χ2v) is 4.60. The van der Waals surface area contributed by atoms with E-state index < -0.39 is 0 Å². The molecule has 1 aliphatic rings. The first kappa shape index (κ1) is 10.4. The van der Waals surface area contributed by atoms with Crippen molar-refractivity contribution in [2.24, 2.45) is 5.73 Å². The first-order valence-electron chi connectivity index (χ1n) is 5.77. The van der Waals surface area contributed by atoms with Gasteiger partial charge in [0.05, 0.1) is 0 Å². The van der Waals surface area contributed by atoms with Crippen LogP contribution in [0.4, 0.5) is 0 Å². The summed E-state index contributed by atoms with van der Waals surface area (Å²) in [4.78, 5) is 16.9. The number of nitrogens with one attached hydrogen (secondary N) is 1. The number of rotatable bonds is 1. The van der Waals surface area contributed by atoms with Crippen LogP contribution in [-0.2, 0) is 11.2 Å². The summed E-state index contributed by atoms with van der Waals surface area (Å²) in [7, 11) is 1.93. The molecule has 1 atom stereocenters. The largest absolute Gasteiger partial charge is 0.368 e. The van der Waals surface area contributed by atoms with Gasteiger partial charge in [0.2, 0.25) is 5.91 Å². The highest BCUT2D eigenvalue weighted by atomic mass is 16.1. The summed E-state index contributed by atoms with van der Waals surface area (Å²) in [5.74, 6) is -0.292. The molecule has 3 N–H and O–H groups in total. The van der Waals surface area contributed by atoms with Gasteiger partial charge in [0, 0.05) is 23.1 Å². The molecule has 0 aliphatic carbocycles. The molecule has 0 spiro atoms. The quantitative estimate of drug-likeness (QED) is 0.771. The van der Waals surface area contributed by atoms with Crippen molar-refractivity contribution in [1.82, 2.24) is 9.88 Å². The molecule has 1 aromatic carbocycles. The summed E-state index contributed by atoms with van der Waals surface area (Å²) in [6.45, 7) is 0.864. The Morgan fingerprint density at radius 1 is 1.47 bits per heavy atom. The van der Waals surface area contributed by atoms with Gasteiger partial charge in [0.1, 0.15) is 6.04 Å². The summed E-state index contributed by atoms with van der Waals surface area (Å²) < 4.78 is 0. The highest BCUT2D eigenvalue weighted by Gasteiger charge is 2.31. The number of aromatic amines is 1. The van der Waals surface area contributed by atoms with E-state index >= 15 is 0 Å². The van der Waals surface area contributed by atoms with Gasteiger partial charge in [-0.2, -0.15) is 0 Å². The number of carbonyl (C=O) groups excluding carboxylic acids is 1. The molecule has 4 nitrogen and oxygen atoms in total. The third-order valence-electron chi connectivity index (χ3n) is 3.54. The first-order chi connectivity index (χ1) is 8.18. The zero-order valence-corrected chi connectivity index (χ0v) is 9.73. The van der Waals surface area contributed by atoms with Gasteiger partial charge in [-0.15, -0.1) is 0 Å². The molecule has 1 aliphatic heterocycles. The molecule has 3 rings (SSSR count). The van der Waals surface area contributed by atoms with E-state index in [1.54, 1.807) is 0 Å². The number of likely N-dealkylation sites (N-methyl/N-ethyl adjacent to an activating group) is 1. The molecule has 2 heterocycles. The van der Waals surface area contributed by atoms with Crippen molar-refractivity contribution < 1.29 is 4.79 Å². The van der Waals surface area contributed by atoms with E-state index in [4.69, 9.17) is 5.73 Å². The third-order valence-corrected chi connectivity index (χ3v) is 3.54. The van der Waals surface area contributed by atoms with Crippen LogP contribution in [-0.4, -0.2) is 29.4 Å². The molecule has 0 saturated carbocycles. The highest BCUT2D eigenvalue weighted by Crippen LogP contribution is 2.33. The van der Waals surface area contributed by atoms with E-state index in [-0.39, 0.29) is 11.9 Å². The zero-order chi connectivity index (χ0) is 12.0. The molecular formula is C13H15N3O. The predicted octanol–water partition coefficient (Wildman–Crippen LogP) is 1.18. The molecule has 2 aromatic rings. The van der Waals surface area contributed by atoms with Crippen LogP contribution >= 0.6 is 0 Å². The third kappa shape index (κ3) is 1.45. The van der Waals surface area contributed by atoms with Crippen LogP contribution in [0.5, 0.6) is 0 Å². The summed E-state index contributed by atoms with van der Waals surface area (Å²) in [5.41, 5.74) is 8.78. The van der Waals surface area contributed by atoms with Crippen molar-refractivity contribution in [3.63, 3.8) is 0 Å². The number of hydrogen-bond donors (Lipinski definition) is 2. The Morgan fingerprint density at radius 3 is 3.00 bits per heavy atom. The lowest BCUT2D eigenvalue weighted by atomic mass is 9.97. The standard InChI is InChI=1S/C13H15N3O/c1-16-7-6-9-8-4-2-3-5-10(8)15-11(9)12(16)13(14)17/h2-5,12,15H,6-7H2,1H3,(H2,14,17). The van der Waals surface area contributed by atoms with Gasteiger partial charge in [0.25, 0.3) is 0 Å². The Morgan fingerprint density at radius 2 is 2.24 bits per heavy atom. The number of carbonyl (C=O) groups is 1. The molecule has 1 amide bonds. The minimum Gasteiger partial charge on any atom is -0.368 e. The SMILES string of the molecule is CN1CCc2c([nH]c3ccccc23)C1C(N)=O. The molecule has 88 valence electrons. The number of primary amides is 1. The van der Waals surface area contributed by atoms with Gasteiger partial charge in [0.15, 0.2) is 0 Å². The van der Waals surface area contributed by atoms with E-state index in [9.17, 15) is 4.79 Å². The molecular weight excluding hydrogens is 214 g/mol. The number of amides is 1. The van der Waals surface area contributed by atoms with Crippen molar-refractivity contribution >= 4 is 16.8 Å². The molecule has 1 unspecified atom stereocenters. The molecule has 0 fully saturated rings. The van der Waals surface area contributed by atoms with E-state index in [1.165, 1.54) is 10.9 Å². The van der Waals surface area contributed by atoms with E-state index in [2.05, 4.69) is 11.1 Å². The van der Waals surface area contributed by atoms with E-state index in [0.717, 1.165) is 24.2 Å². The lowest BCUT2D eigenvalue weighted by molar-refractivity contribution is -0.123. The average Bonchev–Trinajstić information content (AvgIpc) is 2.66. The molecule has 4 heteroatoms. The number of aromatic nitrogens is 1. The van der Waals surface area contributed by atoms with Crippen molar-refractivity contribution in [2.45, 2.75) is 12.5 Å². The van der Waals surface area contributed by atoms with Crippen LogP contribution in [0.1, 0.15) is 17.3 Å². The average molecular weight is 229 g/mol. The molecule has 0 saturated heterocycles. The van der Waals surface area contributed by atoms with Crippen LogP contribution in [0, 0.1) is 0 Å². The van der Waals surface area contributed by atoms with Crippen molar-refractivity contribution in [1.29, 1.82) is 0 Å². The van der Waals surface area contributed by atoms with Crippen LogP contribution in [0.3, 0.4) is 0 Å². The number of benzene rings is 1. The fourth-order valence-corrected chi connectivity index (χ4v) is 2.72. The Hall–Kier alpha value is -1.81. The maximum absolute atomic E-state index is 11.6. The maximum atomic E-state index is 11.6. The van der Waals surface area contributed by atoms with Crippen molar-refractivity contribution in [3.8, 4) is 0 Å². The van der Waals surface area contributed by atoms with Crippen molar-refractivity contribution in [3.05, 3.63) is 35.5 Å². The maximum Gasteiger partial charge on any atom is 0.240 e. The van der Waals surface area contributed by atoms with E-state index in [1.807, 2.05) is 30.1 Å². The Balaban J connectivity index is 2.25. The number of nitrogens with two attached hydrogens (primary N) is 1. The number of H-pyrrole nitrogens is 1. The fraction of sp³-hybridized carbons (Fsp3) is 0.308. The minimum atomic E-state index is -0.328. The van der Waals surface area contributed by atoms with Gasteiger partial charge < -0.3 is 10.7 Å². The first-order valence-corrected chi connectivity index (χ1v) is 5.77. The van der Waals surface area contributed by atoms with Gasteiger partial charge >= 0.3 is 0 Å². The van der Waals surface area contributed by atoms with E-state index in [0.29, 0.717) is 0 Å². The zero-order valence-electron chi connectivity index (χ0n) is 9.73. The van der Waals surface area contributed by atoms with Gasteiger partial charge in [-0.25, -0.2) is 0 Å². The lowest BCUT2D eigenvalue weighted by Crippen LogP contribution is -2.40. The number of para-hydroxylation sites is 1. The lowest BCUT2D eigenvalue weighted by Gasteiger charge is -2.30. The molecule has 0 bridgehead atoms. The second-order valence-electron chi connectivity index (χ2n) is 4.60. The molecule has 17 heavy (non-hydrogen) atoms. The van der Waals surface area contributed by atoms with Gasteiger partial charge in [-0.3, -0.25) is 9.69 Å². The Labute approximate surface area is 99.4 Å². The molecule has 0 radical (unpaired) electrons. The number of fused-ring (bicyclic) bond motifs is 3. The van der Waals surface area contributed by atoms with Crippen LogP contribution < -0.4 is 5.73 Å². The fourth-order valence-electron chi connectivity index (χ4n) is 2.72. The normalized spacial score (nSPS) is 20.4. The number of nitrogens with zero attached hydrogens (tertiary/aromatic N) is 1. The van der Waals surface area contributed by atoms with Crippen molar-refractivity contribution in [2.75, 3.05) is 13.6 Å². The Kier molecular flexibility index (Phi) is 2.19. The monoisotopic (exact) mass is 229 g/mol. The number of hydrogen-bond acceptors (Lipinski definition) is 2. The highest BCUT2D eigenvalue weighted by molar-refractivity contribution is 5.89. The Bertz CT molecular complexity index is 587. The van der Waals surface area contributed by atoms with Gasteiger partial charge in [-0.05, 0) is 25.1 Å². The summed E-state index contributed by atoms with van der Waals surface area (Å²) >= 11 is 0. The molecule has 1 aromatic heterocycles. The second kappa shape index (κ2) is 3.60. The summed E-state index contributed by atoms with van der Waals surface area (Å²) in [5, 5.41) is 1.21. The van der Waals surface area contributed by atoms with Crippen LogP contribution in [0.2, 0.25) is 0 Å². The smallest absolute Gasteiger partial charge is 0.240 e. The summed E-state index contributed by atoms with van der Waals surface area (Å²) in [6.07, 6.45) is 0.958. The van der Waals surface area contributed by atoms with Crippen LogP contribution in [0.15, 0.2) is 24.3 Å². The van der Waals surface area contributed by atoms with Crippen LogP contribution in [0.25, 0.3) is 10.9 Å². The van der Waals surface area contributed by atoms with Gasteiger partial charge in [-0.1, -0.05) is 18.2 Å². The predicted molar refractivity (Wildman–Crippen MR) is 66.6 cm³/mol. The minimum absolute atomic E-state index is 0.292. The topological polar surface area (TPSA) is 62.1 Å².